The fourth-order valence-corrected chi connectivity index (χ4v) is 3.17. The molecule has 0 spiro atoms. The number of ether oxygens (including phenoxy) is 1. The van der Waals surface area contributed by atoms with Crippen LogP contribution in [0.1, 0.15) is 31.4 Å². The van der Waals surface area contributed by atoms with Crippen molar-refractivity contribution in [3.8, 4) is 0 Å². The van der Waals surface area contributed by atoms with E-state index in [1.165, 1.54) is 5.56 Å². The Morgan fingerprint density at radius 3 is 2.57 bits per heavy atom. The zero-order valence-corrected chi connectivity index (χ0v) is 13.9. The molecule has 1 aromatic rings. The van der Waals surface area contributed by atoms with Crippen LogP contribution in [0.5, 0.6) is 0 Å². The van der Waals surface area contributed by atoms with Crippen molar-refractivity contribution in [3.63, 3.8) is 0 Å². The molecule has 120 valence electrons. The highest BCUT2D eigenvalue weighted by molar-refractivity contribution is 7.89. The number of hydrogen-bond donors (Lipinski definition) is 2. The summed E-state index contributed by atoms with van der Waals surface area (Å²) in [5, 5.41) is 3.25. The maximum Gasteiger partial charge on any atom is 0.240 e. The van der Waals surface area contributed by atoms with Crippen LogP contribution in [0.25, 0.3) is 0 Å². The van der Waals surface area contributed by atoms with Crippen LogP contribution in [0.15, 0.2) is 23.1 Å². The van der Waals surface area contributed by atoms with Crippen molar-refractivity contribution < 1.29 is 13.2 Å². The Morgan fingerprint density at radius 1 is 1.19 bits per heavy atom. The Balaban J connectivity index is 2.85. The van der Waals surface area contributed by atoms with Gasteiger partial charge in [0.05, 0.1) is 4.90 Å². The second-order valence-corrected chi connectivity index (χ2v) is 6.58. The molecule has 0 atom stereocenters. The van der Waals surface area contributed by atoms with Gasteiger partial charge in [0.25, 0.3) is 0 Å². The zero-order chi connectivity index (χ0) is 15.7. The van der Waals surface area contributed by atoms with Crippen LogP contribution < -0.4 is 10.0 Å². The number of benzene rings is 1. The van der Waals surface area contributed by atoms with Gasteiger partial charge in [-0.25, -0.2) is 13.1 Å². The van der Waals surface area contributed by atoms with Crippen molar-refractivity contribution in [3.05, 3.63) is 29.3 Å². The van der Waals surface area contributed by atoms with Crippen molar-refractivity contribution >= 4 is 10.0 Å². The predicted octanol–water partition coefficient (Wildman–Crippen LogP) is 1.67. The number of hydrogen-bond acceptors (Lipinski definition) is 4. The Kier molecular flexibility index (Phi) is 7.88. The fourth-order valence-electron chi connectivity index (χ4n) is 2.04. The fraction of sp³-hybridized carbons (Fsp3) is 0.600. The molecule has 0 aromatic heterocycles. The van der Waals surface area contributed by atoms with Gasteiger partial charge in [0.1, 0.15) is 0 Å². The highest BCUT2D eigenvalue weighted by Gasteiger charge is 2.15. The van der Waals surface area contributed by atoms with Gasteiger partial charge in [-0.05, 0) is 42.6 Å². The topological polar surface area (TPSA) is 67.4 Å². The van der Waals surface area contributed by atoms with Crippen LogP contribution in [-0.4, -0.2) is 35.2 Å². The zero-order valence-electron chi connectivity index (χ0n) is 13.1. The van der Waals surface area contributed by atoms with Gasteiger partial charge in [0.15, 0.2) is 0 Å². The van der Waals surface area contributed by atoms with Gasteiger partial charge >= 0.3 is 0 Å². The lowest BCUT2D eigenvalue weighted by Gasteiger charge is -2.12. The van der Waals surface area contributed by atoms with Crippen LogP contribution in [0.2, 0.25) is 0 Å². The molecule has 0 aliphatic carbocycles. The molecule has 0 unspecified atom stereocenters. The summed E-state index contributed by atoms with van der Waals surface area (Å²) < 4.78 is 32.0. The third-order valence-corrected chi connectivity index (χ3v) is 4.71. The third kappa shape index (κ3) is 5.74. The molecule has 5 nitrogen and oxygen atoms in total. The lowest BCUT2D eigenvalue weighted by Crippen LogP contribution is -2.26. The summed E-state index contributed by atoms with van der Waals surface area (Å²) in [7, 11) is -1.84. The van der Waals surface area contributed by atoms with Gasteiger partial charge in [-0.2, -0.15) is 0 Å². The molecule has 0 fully saturated rings. The largest absolute Gasteiger partial charge is 0.385 e. The molecule has 0 bridgehead atoms. The molecule has 0 radical (unpaired) electrons. The third-order valence-electron chi connectivity index (χ3n) is 3.25. The van der Waals surface area contributed by atoms with E-state index >= 15 is 0 Å². The number of rotatable bonds is 10. The summed E-state index contributed by atoms with van der Waals surface area (Å²) in [6.45, 7) is 6.57. The molecule has 0 amide bonds. The second kappa shape index (κ2) is 9.15. The summed E-state index contributed by atoms with van der Waals surface area (Å²) in [4.78, 5) is 0.324. The molecule has 0 saturated heterocycles. The molecule has 0 saturated carbocycles. The second-order valence-electron chi connectivity index (χ2n) is 4.81. The molecular weight excluding hydrogens is 288 g/mol. The molecule has 1 aromatic carbocycles. The molecule has 1 rings (SSSR count). The molecule has 6 heteroatoms. The van der Waals surface area contributed by atoms with Crippen molar-refractivity contribution in [1.82, 2.24) is 10.0 Å². The van der Waals surface area contributed by atoms with E-state index in [2.05, 4.69) is 17.0 Å². The number of methoxy groups -OCH3 is 1. The summed E-state index contributed by atoms with van der Waals surface area (Å²) in [5.41, 5.74) is 2.22. The van der Waals surface area contributed by atoms with E-state index in [4.69, 9.17) is 4.74 Å². The first kappa shape index (κ1) is 18.1. The van der Waals surface area contributed by atoms with Crippen LogP contribution in [-0.2, 0) is 27.7 Å². The molecule has 0 aliphatic heterocycles. The maximum atomic E-state index is 12.2. The van der Waals surface area contributed by atoms with E-state index in [0.717, 1.165) is 18.5 Å². The highest BCUT2D eigenvalue weighted by atomic mass is 32.2. The summed E-state index contributed by atoms with van der Waals surface area (Å²) in [6, 6.07) is 5.34. The molecule has 0 heterocycles. The van der Waals surface area contributed by atoms with Crippen LogP contribution in [0.4, 0.5) is 0 Å². The average molecular weight is 314 g/mol. The lowest BCUT2D eigenvalue weighted by molar-refractivity contribution is 0.196. The predicted molar refractivity (Wildman–Crippen MR) is 84.9 cm³/mol. The van der Waals surface area contributed by atoms with E-state index in [0.29, 0.717) is 31.0 Å². The van der Waals surface area contributed by atoms with Gasteiger partial charge in [0, 0.05) is 26.8 Å². The van der Waals surface area contributed by atoms with Crippen LogP contribution >= 0.6 is 0 Å². The van der Waals surface area contributed by atoms with E-state index in [9.17, 15) is 8.42 Å². The van der Waals surface area contributed by atoms with Gasteiger partial charge in [0.2, 0.25) is 10.0 Å². The first-order valence-corrected chi connectivity index (χ1v) is 8.84. The quantitative estimate of drug-likeness (QED) is 0.645. The first-order chi connectivity index (χ1) is 10.0. The van der Waals surface area contributed by atoms with Gasteiger partial charge in [-0.1, -0.05) is 19.9 Å². The monoisotopic (exact) mass is 314 g/mol. The number of aryl methyl sites for hydroxylation is 1. The summed E-state index contributed by atoms with van der Waals surface area (Å²) in [5.74, 6) is 0. The normalized spacial score (nSPS) is 11.8. The van der Waals surface area contributed by atoms with Gasteiger partial charge in [-0.3, -0.25) is 0 Å². The Labute approximate surface area is 128 Å². The summed E-state index contributed by atoms with van der Waals surface area (Å²) >= 11 is 0. The smallest absolute Gasteiger partial charge is 0.240 e. The molecule has 2 N–H and O–H groups in total. The van der Waals surface area contributed by atoms with E-state index < -0.39 is 10.0 Å². The Bertz CT molecular complexity index is 530. The van der Waals surface area contributed by atoms with E-state index in [-0.39, 0.29) is 0 Å². The minimum absolute atomic E-state index is 0.324. The highest BCUT2D eigenvalue weighted by Crippen LogP contribution is 2.17. The van der Waals surface area contributed by atoms with Gasteiger partial charge < -0.3 is 10.1 Å². The summed E-state index contributed by atoms with van der Waals surface area (Å²) in [6.07, 6.45) is 1.55. The number of nitrogens with one attached hydrogen (secondary N) is 2. The standard InChI is InChI=1S/C15H26N2O3S/c1-4-13-7-8-15(11-14(13)12-16-5-2)21(18,19)17-9-6-10-20-3/h7-8,11,16-17H,4-6,9-10,12H2,1-3H3. The minimum Gasteiger partial charge on any atom is -0.385 e. The number of sulfonamides is 1. The van der Waals surface area contributed by atoms with Crippen molar-refractivity contribution in [2.45, 2.75) is 38.1 Å². The Hall–Kier alpha value is -0.950. The van der Waals surface area contributed by atoms with Crippen LogP contribution in [0, 0.1) is 0 Å². The lowest BCUT2D eigenvalue weighted by atomic mass is 10.1. The average Bonchev–Trinajstić information content (AvgIpc) is 2.49. The van der Waals surface area contributed by atoms with Crippen molar-refractivity contribution in [2.24, 2.45) is 0 Å². The Morgan fingerprint density at radius 2 is 1.95 bits per heavy atom. The van der Waals surface area contributed by atoms with E-state index in [1.807, 2.05) is 13.0 Å². The maximum absolute atomic E-state index is 12.2. The van der Waals surface area contributed by atoms with E-state index in [1.54, 1.807) is 19.2 Å². The van der Waals surface area contributed by atoms with Crippen LogP contribution in [0.3, 0.4) is 0 Å². The van der Waals surface area contributed by atoms with Crippen molar-refractivity contribution in [2.75, 3.05) is 26.8 Å². The first-order valence-electron chi connectivity index (χ1n) is 7.36. The minimum atomic E-state index is -3.45. The molecule has 0 aliphatic rings. The van der Waals surface area contributed by atoms with Crippen molar-refractivity contribution in [1.29, 1.82) is 0 Å². The van der Waals surface area contributed by atoms with Gasteiger partial charge in [-0.15, -0.1) is 0 Å². The SMILES string of the molecule is CCNCc1cc(S(=O)(=O)NCCCOC)ccc1CC. The molecule has 21 heavy (non-hydrogen) atoms. The molecular formula is C15H26N2O3S.